The van der Waals surface area contributed by atoms with Crippen LogP contribution in [0, 0.1) is 10.1 Å². The fourth-order valence-electron chi connectivity index (χ4n) is 5.79. The highest BCUT2D eigenvalue weighted by atomic mass is 16.6. The van der Waals surface area contributed by atoms with Crippen LogP contribution in [0.15, 0.2) is 55.1 Å². The number of aromatic amines is 1. The van der Waals surface area contributed by atoms with Crippen molar-refractivity contribution < 1.29 is 14.8 Å². The summed E-state index contributed by atoms with van der Waals surface area (Å²) in [6.45, 7) is 5.99. The number of aliphatic hydroxyl groups is 1. The number of benzene rings is 2. The van der Waals surface area contributed by atoms with Crippen molar-refractivity contribution in [3.05, 3.63) is 82.1 Å². The van der Waals surface area contributed by atoms with Crippen LogP contribution in [0.1, 0.15) is 23.2 Å². The zero-order valence-electron chi connectivity index (χ0n) is 18.1. The second-order valence-corrected chi connectivity index (χ2v) is 9.04. The Morgan fingerprint density at radius 3 is 2.91 bits per heavy atom. The van der Waals surface area contributed by atoms with Gasteiger partial charge < -0.3 is 14.8 Å². The molecule has 2 heterocycles. The molecule has 0 spiro atoms. The number of hydrogen-bond acceptors (Lipinski definition) is 5. The van der Waals surface area contributed by atoms with Gasteiger partial charge >= 0.3 is 0 Å². The number of methoxy groups -OCH3 is 1. The van der Waals surface area contributed by atoms with E-state index in [9.17, 15) is 15.2 Å². The number of nitro benzene ring substituents is 1. The van der Waals surface area contributed by atoms with E-state index in [1.54, 1.807) is 19.2 Å². The summed E-state index contributed by atoms with van der Waals surface area (Å²) in [6.07, 6.45) is 3.78. The van der Waals surface area contributed by atoms with Crippen LogP contribution in [0.2, 0.25) is 0 Å². The number of nitrogens with one attached hydrogen (secondary N) is 1. The van der Waals surface area contributed by atoms with E-state index in [4.69, 9.17) is 4.74 Å². The van der Waals surface area contributed by atoms with Gasteiger partial charge in [-0.2, -0.15) is 0 Å². The van der Waals surface area contributed by atoms with E-state index in [1.165, 1.54) is 6.07 Å². The Labute approximate surface area is 186 Å². The van der Waals surface area contributed by atoms with E-state index in [0.717, 1.165) is 53.0 Å². The van der Waals surface area contributed by atoms with Gasteiger partial charge in [-0.25, -0.2) is 0 Å². The van der Waals surface area contributed by atoms with E-state index in [2.05, 4.69) is 22.5 Å². The molecular weight excluding hydrogens is 406 g/mol. The second-order valence-electron chi connectivity index (χ2n) is 9.04. The number of likely N-dealkylation sites (tertiary alicyclic amines) is 1. The van der Waals surface area contributed by atoms with Crippen molar-refractivity contribution in [3.8, 4) is 5.75 Å². The first-order chi connectivity index (χ1) is 15.4. The molecule has 0 saturated carbocycles. The fraction of sp³-hybridized carbons (Fsp3) is 0.360. The topological polar surface area (TPSA) is 91.6 Å². The maximum Gasteiger partial charge on any atom is 0.271 e. The van der Waals surface area contributed by atoms with Crippen LogP contribution in [-0.4, -0.2) is 52.3 Å². The number of hydrogen-bond donors (Lipinski definition) is 2. The molecule has 166 valence electrons. The summed E-state index contributed by atoms with van der Waals surface area (Å²) in [5.74, 6) is 0.769. The molecule has 7 heteroatoms. The van der Waals surface area contributed by atoms with Crippen LogP contribution in [0.4, 0.5) is 5.69 Å². The Balaban J connectivity index is 1.67. The summed E-state index contributed by atoms with van der Waals surface area (Å²) in [7, 11) is 1.65. The quantitative estimate of drug-likeness (QED) is 0.363. The minimum absolute atomic E-state index is 0.0619. The van der Waals surface area contributed by atoms with Gasteiger partial charge in [-0.05, 0) is 42.3 Å². The lowest BCUT2D eigenvalue weighted by Gasteiger charge is -2.56. The van der Waals surface area contributed by atoms with Gasteiger partial charge in [0.15, 0.2) is 0 Å². The van der Waals surface area contributed by atoms with Crippen molar-refractivity contribution in [2.75, 3.05) is 26.7 Å². The van der Waals surface area contributed by atoms with Crippen LogP contribution in [0.5, 0.6) is 5.75 Å². The Morgan fingerprint density at radius 2 is 2.16 bits per heavy atom. The third kappa shape index (κ3) is 3.04. The molecule has 32 heavy (non-hydrogen) atoms. The standard InChI is InChI=1S/C25H27N3O4/c1-3-10-27-11-9-24(17-5-4-6-19(12-17)32-2)15-23-21(14-25(24,29)16-27)20-8-7-18(28(30)31)13-22(20)26-23/h3-8,12-13,26,29H,1,9-11,14-16H2,2H3/t24-,25-/m0/s1. The molecule has 1 aromatic heterocycles. The normalized spacial score (nSPS) is 25.2. The number of piperidine rings is 1. The minimum Gasteiger partial charge on any atom is -0.497 e. The summed E-state index contributed by atoms with van der Waals surface area (Å²) in [5.41, 5.74) is 2.49. The summed E-state index contributed by atoms with van der Waals surface area (Å²) < 4.78 is 5.49. The number of β-amino-alcohol motifs (C(OH)–C–C–N with tert-alkyl or cyclic N) is 1. The molecule has 1 aliphatic heterocycles. The van der Waals surface area contributed by atoms with Gasteiger partial charge in [-0.15, -0.1) is 6.58 Å². The van der Waals surface area contributed by atoms with Gasteiger partial charge in [0.2, 0.25) is 0 Å². The molecular formula is C25H27N3O4. The van der Waals surface area contributed by atoms with Gasteiger partial charge in [-0.3, -0.25) is 15.0 Å². The van der Waals surface area contributed by atoms with E-state index in [-0.39, 0.29) is 10.6 Å². The van der Waals surface area contributed by atoms with Gasteiger partial charge in [0, 0.05) is 54.6 Å². The van der Waals surface area contributed by atoms with Crippen molar-refractivity contribution >= 4 is 16.6 Å². The third-order valence-corrected chi connectivity index (χ3v) is 7.38. The molecule has 7 nitrogen and oxygen atoms in total. The number of ether oxygens (including phenoxy) is 1. The third-order valence-electron chi connectivity index (χ3n) is 7.38. The SMILES string of the molecule is C=CCN1CC[C@@]2(c3cccc(OC)c3)Cc3[nH]c4cc([N+](=O)[O-])ccc4c3C[C@]2(O)C1. The maximum atomic E-state index is 12.3. The monoisotopic (exact) mass is 433 g/mol. The molecule has 0 radical (unpaired) electrons. The molecule has 2 N–H and O–H groups in total. The number of aromatic nitrogens is 1. The lowest BCUT2D eigenvalue weighted by atomic mass is 9.56. The zero-order valence-corrected chi connectivity index (χ0v) is 18.1. The second kappa shape index (κ2) is 7.46. The van der Waals surface area contributed by atoms with Crippen molar-refractivity contribution in [2.45, 2.75) is 30.3 Å². The fourth-order valence-corrected chi connectivity index (χ4v) is 5.79. The summed E-state index contributed by atoms with van der Waals surface area (Å²) in [5, 5.41) is 24.5. The zero-order chi connectivity index (χ0) is 22.5. The molecule has 2 aromatic carbocycles. The minimum atomic E-state index is -0.996. The first-order valence-electron chi connectivity index (χ1n) is 10.9. The highest BCUT2D eigenvalue weighted by molar-refractivity contribution is 5.87. The van der Waals surface area contributed by atoms with E-state index in [1.807, 2.05) is 24.3 Å². The maximum absolute atomic E-state index is 12.3. The largest absolute Gasteiger partial charge is 0.497 e. The van der Waals surface area contributed by atoms with Gasteiger partial charge in [0.1, 0.15) is 5.75 Å². The average molecular weight is 434 g/mol. The molecule has 1 saturated heterocycles. The van der Waals surface area contributed by atoms with Gasteiger partial charge in [0.25, 0.3) is 5.69 Å². The molecule has 0 bridgehead atoms. The molecule has 5 rings (SSSR count). The Kier molecular flexibility index (Phi) is 4.83. The van der Waals surface area contributed by atoms with Crippen LogP contribution in [0.25, 0.3) is 10.9 Å². The van der Waals surface area contributed by atoms with Crippen molar-refractivity contribution in [1.82, 2.24) is 9.88 Å². The lowest BCUT2D eigenvalue weighted by Crippen LogP contribution is -2.66. The van der Waals surface area contributed by atoms with Crippen molar-refractivity contribution in [3.63, 3.8) is 0 Å². The number of nitrogens with zero attached hydrogens (tertiary/aromatic N) is 2. The highest BCUT2D eigenvalue weighted by Crippen LogP contribution is 2.52. The van der Waals surface area contributed by atoms with Gasteiger partial charge in [-0.1, -0.05) is 18.2 Å². The lowest BCUT2D eigenvalue weighted by molar-refractivity contribution is -0.384. The highest BCUT2D eigenvalue weighted by Gasteiger charge is 2.57. The van der Waals surface area contributed by atoms with E-state index in [0.29, 0.717) is 19.4 Å². The number of fused-ring (bicyclic) bond motifs is 4. The average Bonchev–Trinajstić information content (AvgIpc) is 3.13. The van der Waals surface area contributed by atoms with Crippen LogP contribution in [-0.2, 0) is 18.3 Å². The van der Waals surface area contributed by atoms with Crippen LogP contribution >= 0.6 is 0 Å². The van der Waals surface area contributed by atoms with Crippen LogP contribution in [0.3, 0.4) is 0 Å². The summed E-state index contributed by atoms with van der Waals surface area (Å²) >= 11 is 0. The molecule has 0 unspecified atom stereocenters. The predicted molar refractivity (Wildman–Crippen MR) is 123 cm³/mol. The molecule has 2 aliphatic rings. The first-order valence-corrected chi connectivity index (χ1v) is 10.9. The number of H-pyrrole nitrogens is 1. The number of nitro groups is 1. The number of non-ortho nitro benzene ring substituents is 1. The van der Waals surface area contributed by atoms with Crippen molar-refractivity contribution in [1.29, 1.82) is 0 Å². The van der Waals surface area contributed by atoms with Crippen molar-refractivity contribution in [2.24, 2.45) is 0 Å². The van der Waals surface area contributed by atoms with Gasteiger partial charge in [0.05, 0.1) is 23.2 Å². The van der Waals surface area contributed by atoms with E-state index < -0.39 is 11.0 Å². The smallest absolute Gasteiger partial charge is 0.271 e. The molecule has 1 fully saturated rings. The molecule has 0 amide bonds. The number of rotatable bonds is 5. The molecule has 1 aliphatic carbocycles. The molecule has 2 atom stereocenters. The van der Waals surface area contributed by atoms with E-state index >= 15 is 0 Å². The first kappa shape index (κ1) is 20.7. The Hall–Kier alpha value is -3.16. The molecule has 3 aromatic rings. The Bertz CT molecular complexity index is 1220. The van der Waals surface area contributed by atoms with Crippen LogP contribution < -0.4 is 4.74 Å². The summed E-state index contributed by atoms with van der Waals surface area (Å²) in [6, 6.07) is 12.9. The summed E-state index contributed by atoms with van der Waals surface area (Å²) in [4.78, 5) is 16.6. The Morgan fingerprint density at radius 1 is 1.31 bits per heavy atom. The predicted octanol–water partition coefficient (Wildman–Crippen LogP) is 3.74.